The molecule has 0 aliphatic heterocycles. The Morgan fingerprint density at radius 3 is 2.76 bits per heavy atom. The van der Waals surface area contributed by atoms with Crippen LogP contribution < -0.4 is 10.6 Å². The van der Waals surface area contributed by atoms with Crippen molar-refractivity contribution in [3.05, 3.63) is 70.7 Å². The van der Waals surface area contributed by atoms with E-state index in [0.717, 1.165) is 17.5 Å². The maximum atomic E-state index is 13.2. The van der Waals surface area contributed by atoms with Gasteiger partial charge >= 0.3 is 6.03 Å². The van der Waals surface area contributed by atoms with Gasteiger partial charge < -0.3 is 15.6 Å². The molecule has 0 saturated carbocycles. The number of aryl methyl sites for hydroxylation is 2. The highest BCUT2D eigenvalue weighted by atomic mass is 19.1. The van der Waals surface area contributed by atoms with Crippen LogP contribution >= 0.6 is 0 Å². The third-order valence-electron chi connectivity index (χ3n) is 4.28. The van der Waals surface area contributed by atoms with Gasteiger partial charge in [-0.2, -0.15) is 0 Å². The number of hydrogen-bond donors (Lipinski definition) is 3. The number of H-pyrrole nitrogens is 1. The van der Waals surface area contributed by atoms with Gasteiger partial charge in [0.05, 0.1) is 0 Å². The number of hydrogen-bond acceptors (Lipinski definition) is 1. The quantitative estimate of drug-likeness (QED) is 0.647. The minimum absolute atomic E-state index is 0.224. The molecule has 0 aliphatic carbocycles. The summed E-state index contributed by atoms with van der Waals surface area (Å²) < 4.78 is 13.2. The van der Waals surface area contributed by atoms with E-state index >= 15 is 0 Å². The first-order valence-electron chi connectivity index (χ1n) is 8.36. The molecule has 1 aromatic heterocycles. The van der Waals surface area contributed by atoms with Gasteiger partial charge in [0, 0.05) is 30.2 Å². The van der Waals surface area contributed by atoms with E-state index in [1.807, 2.05) is 6.20 Å². The molecule has 2 aromatic carbocycles. The summed E-state index contributed by atoms with van der Waals surface area (Å²) in [5.74, 6) is -0.234. The Morgan fingerprint density at radius 2 is 1.96 bits per heavy atom. The van der Waals surface area contributed by atoms with Crippen LogP contribution in [0.3, 0.4) is 0 Å². The number of fused-ring (bicyclic) bond motifs is 1. The van der Waals surface area contributed by atoms with Gasteiger partial charge in [-0.15, -0.1) is 0 Å². The lowest BCUT2D eigenvalue weighted by atomic mass is 10.1. The normalized spacial score (nSPS) is 10.8. The van der Waals surface area contributed by atoms with Gasteiger partial charge in [-0.25, -0.2) is 9.18 Å². The van der Waals surface area contributed by atoms with Gasteiger partial charge in [0.25, 0.3) is 0 Å². The van der Waals surface area contributed by atoms with Crippen LogP contribution in [0.25, 0.3) is 10.9 Å². The van der Waals surface area contributed by atoms with Crippen molar-refractivity contribution in [2.45, 2.75) is 26.8 Å². The number of aromatic amines is 1. The monoisotopic (exact) mass is 339 g/mol. The first kappa shape index (κ1) is 17.0. The largest absolute Gasteiger partial charge is 0.361 e. The fourth-order valence-corrected chi connectivity index (χ4v) is 2.88. The maximum Gasteiger partial charge on any atom is 0.315 e. The highest BCUT2D eigenvalue weighted by Gasteiger charge is 2.06. The van der Waals surface area contributed by atoms with E-state index in [9.17, 15) is 9.18 Å². The number of benzene rings is 2. The number of carbonyl (C=O) groups excluding carboxylic acids is 1. The molecule has 0 spiro atoms. The maximum absolute atomic E-state index is 13.2. The van der Waals surface area contributed by atoms with Crippen molar-refractivity contribution in [2.24, 2.45) is 0 Å². The van der Waals surface area contributed by atoms with Crippen molar-refractivity contribution in [1.82, 2.24) is 15.6 Å². The zero-order valence-electron chi connectivity index (χ0n) is 14.4. The van der Waals surface area contributed by atoms with Gasteiger partial charge in [0.1, 0.15) is 5.82 Å². The predicted octanol–water partition coefficient (Wildman–Crippen LogP) is 3.97. The summed E-state index contributed by atoms with van der Waals surface area (Å²) in [4.78, 5) is 15.2. The lowest BCUT2D eigenvalue weighted by Crippen LogP contribution is -2.36. The van der Waals surface area contributed by atoms with E-state index in [1.54, 1.807) is 19.1 Å². The van der Waals surface area contributed by atoms with Crippen molar-refractivity contribution in [3.63, 3.8) is 0 Å². The highest BCUT2D eigenvalue weighted by molar-refractivity contribution is 5.83. The topological polar surface area (TPSA) is 56.9 Å². The van der Waals surface area contributed by atoms with Crippen molar-refractivity contribution in [1.29, 1.82) is 0 Å². The first-order chi connectivity index (χ1) is 12.0. The van der Waals surface area contributed by atoms with E-state index in [-0.39, 0.29) is 11.8 Å². The molecule has 3 N–H and O–H groups in total. The van der Waals surface area contributed by atoms with Crippen molar-refractivity contribution in [3.8, 4) is 0 Å². The van der Waals surface area contributed by atoms with Crippen LogP contribution in [0, 0.1) is 19.7 Å². The van der Waals surface area contributed by atoms with Gasteiger partial charge in [0.15, 0.2) is 0 Å². The number of halogens is 1. The molecule has 130 valence electrons. The van der Waals surface area contributed by atoms with Crippen LogP contribution in [-0.2, 0) is 13.0 Å². The third kappa shape index (κ3) is 4.18. The van der Waals surface area contributed by atoms with Crippen LogP contribution in [0.2, 0.25) is 0 Å². The van der Waals surface area contributed by atoms with Gasteiger partial charge in [-0.1, -0.05) is 24.3 Å². The number of urea groups is 1. The predicted molar refractivity (Wildman–Crippen MR) is 98.1 cm³/mol. The first-order valence-corrected chi connectivity index (χ1v) is 8.36. The Balaban J connectivity index is 1.48. The van der Waals surface area contributed by atoms with E-state index in [1.165, 1.54) is 22.6 Å². The summed E-state index contributed by atoms with van der Waals surface area (Å²) in [6.45, 7) is 4.70. The molecule has 5 heteroatoms. The Kier molecular flexibility index (Phi) is 5.03. The Labute approximate surface area is 146 Å². The summed E-state index contributed by atoms with van der Waals surface area (Å²) in [5, 5.41) is 6.83. The van der Waals surface area contributed by atoms with Crippen molar-refractivity contribution < 1.29 is 9.18 Å². The van der Waals surface area contributed by atoms with Gasteiger partial charge in [0.2, 0.25) is 0 Å². The van der Waals surface area contributed by atoms with Crippen LogP contribution in [0.15, 0.2) is 42.6 Å². The molecule has 25 heavy (non-hydrogen) atoms. The molecule has 0 unspecified atom stereocenters. The molecule has 0 fully saturated rings. The summed E-state index contributed by atoms with van der Waals surface area (Å²) in [7, 11) is 0. The molecule has 2 amide bonds. The molecule has 4 nitrogen and oxygen atoms in total. The Hall–Kier alpha value is -2.82. The molecule has 1 heterocycles. The number of amides is 2. The average molecular weight is 339 g/mol. The average Bonchev–Trinajstić information content (AvgIpc) is 2.98. The zero-order valence-corrected chi connectivity index (χ0v) is 14.4. The summed E-state index contributed by atoms with van der Waals surface area (Å²) >= 11 is 0. The standard InChI is InChI=1S/C20H22FN3O/c1-13-3-5-17-16(12-23-19(17)9-13)7-8-22-20(25)24-11-15-4-6-18(21)14(2)10-15/h3-6,9-10,12,23H,7-8,11H2,1-2H3,(H2,22,24,25). The molecule has 3 aromatic rings. The van der Waals surface area contributed by atoms with E-state index < -0.39 is 0 Å². The molecule has 0 aliphatic rings. The molecule has 0 atom stereocenters. The fourth-order valence-electron chi connectivity index (χ4n) is 2.88. The Morgan fingerprint density at radius 1 is 1.12 bits per heavy atom. The lowest BCUT2D eigenvalue weighted by Gasteiger charge is -2.08. The minimum atomic E-state index is -0.234. The van der Waals surface area contributed by atoms with E-state index in [2.05, 4.69) is 40.7 Å². The summed E-state index contributed by atoms with van der Waals surface area (Å²) in [5.41, 5.74) is 4.97. The van der Waals surface area contributed by atoms with Crippen LogP contribution in [0.1, 0.15) is 22.3 Å². The molecule has 3 rings (SSSR count). The van der Waals surface area contributed by atoms with Gasteiger partial charge in [-0.3, -0.25) is 0 Å². The number of aromatic nitrogens is 1. The SMILES string of the molecule is Cc1ccc2c(CCNC(=O)NCc3ccc(F)c(C)c3)c[nH]c2c1. The Bertz CT molecular complexity index is 901. The van der Waals surface area contributed by atoms with Crippen LogP contribution in [0.4, 0.5) is 9.18 Å². The molecule has 0 bridgehead atoms. The number of rotatable bonds is 5. The summed E-state index contributed by atoms with van der Waals surface area (Å²) in [6.07, 6.45) is 2.75. The van der Waals surface area contributed by atoms with E-state index in [0.29, 0.717) is 18.7 Å². The third-order valence-corrected chi connectivity index (χ3v) is 4.28. The van der Waals surface area contributed by atoms with Crippen LogP contribution in [-0.4, -0.2) is 17.6 Å². The molecule has 0 radical (unpaired) electrons. The molecular weight excluding hydrogens is 317 g/mol. The number of nitrogens with one attached hydrogen (secondary N) is 3. The van der Waals surface area contributed by atoms with Crippen molar-refractivity contribution in [2.75, 3.05) is 6.54 Å². The minimum Gasteiger partial charge on any atom is -0.361 e. The summed E-state index contributed by atoms with van der Waals surface area (Å²) in [6, 6.07) is 10.9. The van der Waals surface area contributed by atoms with Gasteiger partial charge in [-0.05, 0) is 54.7 Å². The molecular formula is C20H22FN3O. The second kappa shape index (κ2) is 7.38. The second-order valence-electron chi connectivity index (χ2n) is 6.31. The highest BCUT2D eigenvalue weighted by Crippen LogP contribution is 2.19. The molecule has 0 saturated heterocycles. The second-order valence-corrected chi connectivity index (χ2v) is 6.31. The fraction of sp³-hybridized carbons (Fsp3) is 0.250. The van der Waals surface area contributed by atoms with Crippen molar-refractivity contribution >= 4 is 16.9 Å². The van der Waals surface area contributed by atoms with E-state index in [4.69, 9.17) is 0 Å². The lowest BCUT2D eigenvalue weighted by molar-refractivity contribution is 0.240. The smallest absolute Gasteiger partial charge is 0.315 e. The zero-order chi connectivity index (χ0) is 17.8. The van der Waals surface area contributed by atoms with Crippen LogP contribution in [0.5, 0.6) is 0 Å². The number of carbonyl (C=O) groups is 1.